The lowest BCUT2D eigenvalue weighted by molar-refractivity contribution is -0.129. The second-order valence-electron chi connectivity index (χ2n) is 9.76. The minimum Gasteiger partial charge on any atom is -0.322 e. The Kier molecular flexibility index (Phi) is 6.34. The fourth-order valence-electron chi connectivity index (χ4n) is 5.21. The second kappa shape index (κ2) is 10.1. The maximum atomic E-state index is 12.9. The number of aromatic nitrogens is 4. The zero-order valence-corrected chi connectivity index (χ0v) is 21.2. The normalized spacial score (nSPS) is 17.1. The van der Waals surface area contributed by atoms with Gasteiger partial charge in [0.1, 0.15) is 11.6 Å². The molecule has 3 aromatic heterocycles. The number of rotatable bonds is 5. The highest BCUT2D eigenvalue weighted by Crippen LogP contribution is 2.44. The van der Waals surface area contributed by atoms with E-state index in [0.29, 0.717) is 23.8 Å². The Labute approximate surface area is 221 Å². The van der Waals surface area contributed by atoms with E-state index in [1.807, 2.05) is 35.5 Å². The van der Waals surface area contributed by atoms with Gasteiger partial charge in [-0.2, -0.15) is 0 Å². The molecular weight excluding hydrogens is 476 g/mol. The van der Waals surface area contributed by atoms with E-state index in [4.69, 9.17) is 9.97 Å². The number of piperidine rings is 1. The van der Waals surface area contributed by atoms with Crippen LogP contribution in [0, 0.1) is 11.8 Å². The van der Waals surface area contributed by atoms with Crippen molar-refractivity contribution in [1.29, 1.82) is 0 Å². The number of anilines is 1. The molecule has 1 unspecified atom stereocenters. The lowest BCUT2D eigenvalue weighted by Gasteiger charge is -2.33. The molecule has 8 nitrogen and oxygen atoms in total. The lowest BCUT2D eigenvalue weighted by Crippen LogP contribution is -2.38. The highest BCUT2D eigenvalue weighted by Gasteiger charge is 2.34. The molecule has 4 heterocycles. The Balaban J connectivity index is 1.40. The van der Waals surface area contributed by atoms with Crippen molar-refractivity contribution >= 4 is 23.1 Å². The third kappa shape index (κ3) is 4.52. The number of likely N-dealkylation sites (tertiary alicyclic amines) is 1. The molecule has 2 fully saturated rings. The van der Waals surface area contributed by atoms with Crippen molar-refractivity contribution in [2.24, 2.45) is 0 Å². The van der Waals surface area contributed by atoms with Crippen molar-refractivity contribution in [1.82, 2.24) is 24.3 Å². The molecule has 1 aliphatic carbocycles. The number of amides is 2. The Morgan fingerprint density at radius 3 is 2.58 bits per heavy atom. The van der Waals surface area contributed by atoms with Gasteiger partial charge in [-0.3, -0.25) is 19.0 Å². The fourth-order valence-corrected chi connectivity index (χ4v) is 5.21. The predicted octanol–water partition coefficient (Wildman–Crippen LogP) is 5.00. The van der Waals surface area contributed by atoms with Gasteiger partial charge in [0.15, 0.2) is 0 Å². The molecule has 2 aliphatic rings. The maximum absolute atomic E-state index is 12.9. The number of benzene rings is 1. The summed E-state index contributed by atoms with van der Waals surface area (Å²) in [5.41, 5.74) is 4.28. The third-order valence-corrected chi connectivity index (χ3v) is 7.20. The average molecular weight is 505 g/mol. The number of pyridine rings is 1. The van der Waals surface area contributed by atoms with E-state index >= 15 is 0 Å². The molecule has 0 radical (unpaired) electrons. The number of carbonyl (C=O) groups is 2. The van der Waals surface area contributed by atoms with Crippen molar-refractivity contribution in [3.05, 3.63) is 78.1 Å². The van der Waals surface area contributed by atoms with Crippen molar-refractivity contribution in [3.63, 3.8) is 0 Å². The van der Waals surface area contributed by atoms with Crippen LogP contribution in [0.2, 0.25) is 0 Å². The van der Waals surface area contributed by atoms with Crippen LogP contribution < -0.4 is 5.32 Å². The molecule has 4 aromatic rings. The van der Waals surface area contributed by atoms with Gasteiger partial charge in [0.05, 0.1) is 22.9 Å². The molecule has 8 heteroatoms. The first-order chi connectivity index (χ1) is 18.6. The van der Waals surface area contributed by atoms with Gasteiger partial charge in [0, 0.05) is 42.2 Å². The first kappa shape index (κ1) is 23.9. The Bertz CT molecular complexity index is 1560. The highest BCUT2D eigenvalue weighted by molar-refractivity contribution is 6.04. The van der Waals surface area contributed by atoms with Gasteiger partial charge in [-0.15, -0.1) is 0 Å². The monoisotopic (exact) mass is 504 g/mol. The van der Waals surface area contributed by atoms with E-state index in [2.05, 4.69) is 26.5 Å². The van der Waals surface area contributed by atoms with E-state index in [9.17, 15) is 9.59 Å². The van der Waals surface area contributed by atoms with Crippen molar-refractivity contribution in [3.8, 4) is 23.1 Å². The van der Waals surface area contributed by atoms with Gasteiger partial charge < -0.3 is 10.2 Å². The maximum Gasteiger partial charge on any atom is 0.299 e. The largest absolute Gasteiger partial charge is 0.322 e. The number of nitrogens with zero attached hydrogens (tertiary/aromatic N) is 5. The van der Waals surface area contributed by atoms with Crippen LogP contribution in [0.25, 0.3) is 16.8 Å². The number of hydrogen-bond donors (Lipinski definition) is 1. The van der Waals surface area contributed by atoms with Crippen LogP contribution in [-0.4, -0.2) is 42.6 Å². The van der Waals surface area contributed by atoms with Crippen LogP contribution in [0.15, 0.2) is 61.1 Å². The Morgan fingerprint density at radius 1 is 1.00 bits per heavy atom. The summed E-state index contributed by atoms with van der Waals surface area (Å²) >= 11 is 0. The molecule has 2 amide bonds. The third-order valence-electron chi connectivity index (χ3n) is 7.20. The average Bonchev–Trinajstić information content (AvgIpc) is 3.73. The lowest BCUT2D eigenvalue weighted by atomic mass is 10.0. The van der Waals surface area contributed by atoms with E-state index in [1.54, 1.807) is 37.4 Å². The summed E-state index contributed by atoms with van der Waals surface area (Å²) in [6.07, 6.45) is 10.5. The van der Waals surface area contributed by atoms with Gasteiger partial charge in [0.25, 0.3) is 11.8 Å². The summed E-state index contributed by atoms with van der Waals surface area (Å²) in [7, 11) is 0. The predicted molar refractivity (Wildman–Crippen MR) is 144 cm³/mol. The number of hydrogen-bond acceptors (Lipinski definition) is 5. The SMILES string of the molecule is CC#CC(=O)N1CCCCC1c1nc(-c2ccc(C(=O)Nc3ccccn3)cc2)c2c(C3CC3)nccn12. The van der Waals surface area contributed by atoms with Gasteiger partial charge in [-0.05, 0) is 69.2 Å². The van der Waals surface area contributed by atoms with Crippen LogP contribution in [0.5, 0.6) is 0 Å². The van der Waals surface area contributed by atoms with Crippen molar-refractivity contribution in [2.45, 2.75) is 51.0 Å². The minimum atomic E-state index is -0.223. The molecule has 1 aromatic carbocycles. The van der Waals surface area contributed by atoms with Crippen molar-refractivity contribution in [2.75, 3.05) is 11.9 Å². The molecule has 1 N–H and O–H groups in total. The summed E-state index contributed by atoms with van der Waals surface area (Å²) in [4.78, 5) is 41.6. The topological polar surface area (TPSA) is 92.5 Å². The standard InChI is InChI=1S/C30H28N6O2/c1-2-7-25(37)35-18-6-4-8-23(35)29-34-27(28-26(20-10-11-20)32-17-19-36(28)29)21-12-14-22(15-13-21)30(38)33-24-9-3-5-16-31-24/h3,5,9,12-17,19-20,23H,4,6,8,10-11,18H2,1H3,(H,31,33,38). The van der Waals surface area contributed by atoms with Crippen molar-refractivity contribution < 1.29 is 9.59 Å². The fraction of sp³-hybridized carbons (Fsp3) is 0.300. The summed E-state index contributed by atoms with van der Waals surface area (Å²) in [5.74, 6) is 6.85. The molecule has 0 spiro atoms. The second-order valence-corrected chi connectivity index (χ2v) is 9.76. The smallest absolute Gasteiger partial charge is 0.299 e. The molecule has 1 atom stereocenters. The number of fused-ring (bicyclic) bond motifs is 1. The molecule has 1 saturated carbocycles. The van der Waals surface area contributed by atoms with Crippen LogP contribution in [0.4, 0.5) is 5.82 Å². The molecule has 38 heavy (non-hydrogen) atoms. The number of carbonyl (C=O) groups excluding carboxylic acids is 2. The zero-order chi connectivity index (χ0) is 26.1. The number of imidazole rings is 1. The Hall–Kier alpha value is -4.51. The molecule has 0 bridgehead atoms. The Morgan fingerprint density at radius 2 is 1.84 bits per heavy atom. The first-order valence-electron chi connectivity index (χ1n) is 13.1. The first-order valence-corrected chi connectivity index (χ1v) is 13.1. The van der Waals surface area contributed by atoms with Crippen LogP contribution in [0.3, 0.4) is 0 Å². The molecular formula is C30H28N6O2. The highest BCUT2D eigenvalue weighted by atomic mass is 16.2. The van der Waals surface area contributed by atoms with Gasteiger partial charge in [-0.25, -0.2) is 9.97 Å². The van der Waals surface area contributed by atoms with E-state index in [0.717, 1.165) is 60.4 Å². The summed E-state index contributed by atoms with van der Waals surface area (Å²) in [5, 5.41) is 2.82. The van der Waals surface area contributed by atoms with Crippen LogP contribution in [0.1, 0.15) is 72.9 Å². The van der Waals surface area contributed by atoms with Crippen LogP contribution >= 0.6 is 0 Å². The molecule has 190 valence electrons. The van der Waals surface area contributed by atoms with Gasteiger partial charge >= 0.3 is 0 Å². The van der Waals surface area contributed by atoms with E-state index < -0.39 is 0 Å². The van der Waals surface area contributed by atoms with E-state index in [-0.39, 0.29) is 17.9 Å². The zero-order valence-electron chi connectivity index (χ0n) is 21.2. The molecule has 6 rings (SSSR count). The molecule has 1 aliphatic heterocycles. The van der Waals surface area contributed by atoms with E-state index in [1.165, 1.54) is 0 Å². The number of nitrogens with one attached hydrogen (secondary N) is 1. The summed E-state index contributed by atoms with van der Waals surface area (Å²) < 4.78 is 2.12. The van der Waals surface area contributed by atoms with Crippen LogP contribution in [-0.2, 0) is 4.79 Å². The molecule has 1 saturated heterocycles. The minimum absolute atomic E-state index is 0.156. The summed E-state index contributed by atoms with van der Waals surface area (Å²) in [6.45, 7) is 2.36. The van der Waals surface area contributed by atoms with Gasteiger partial charge in [0.2, 0.25) is 0 Å². The summed E-state index contributed by atoms with van der Waals surface area (Å²) in [6, 6.07) is 12.7. The quantitative estimate of drug-likeness (QED) is 0.386. The van der Waals surface area contributed by atoms with Gasteiger partial charge in [-0.1, -0.05) is 24.1 Å².